The zero-order valence-corrected chi connectivity index (χ0v) is 19.0. The van der Waals surface area contributed by atoms with E-state index in [9.17, 15) is 16.8 Å². The molecule has 0 bridgehead atoms. The number of nitrogens with zero attached hydrogens (tertiary/aromatic N) is 2. The van der Waals surface area contributed by atoms with Crippen LogP contribution in [-0.2, 0) is 20.0 Å². The molecule has 0 aromatic heterocycles. The fourth-order valence-electron chi connectivity index (χ4n) is 3.54. The Morgan fingerprint density at radius 1 is 0.844 bits per heavy atom. The summed E-state index contributed by atoms with van der Waals surface area (Å²) in [5.41, 5.74) is 0. The normalized spacial score (nSPS) is 17.8. The molecule has 2 aliphatic heterocycles. The quantitative estimate of drug-likeness (QED) is 0.603. The van der Waals surface area contributed by atoms with Crippen molar-refractivity contribution in [2.24, 2.45) is 5.14 Å². The van der Waals surface area contributed by atoms with Crippen LogP contribution in [0, 0.1) is 0 Å². The van der Waals surface area contributed by atoms with Gasteiger partial charge in [0, 0.05) is 38.8 Å². The molecule has 0 atom stereocenters. The molecule has 0 amide bonds. The van der Waals surface area contributed by atoms with Crippen LogP contribution in [0.2, 0.25) is 0 Å². The van der Waals surface area contributed by atoms with Gasteiger partial charge in [-0.15, -0.1) is 0 Å². The van der Waals surface area contributed by atoms with Crippen molar-refractivity contribution in [1.29, 1.82) is 0 Å². The predicted octanol–water partition coefficient (Wildman–Crippen LogP) is 0.491. The third kappa shape index (κ3) is 5.15. The van der Waals surface area contributed by atoms with E-state index in [2.05, 4.69) is 4.90 Å². The summed E-state index contributed by atoms with van der Waals surface area (Å²) in [6.07, 6.45) is 0. The van der Waals surface area contributed by atoms with Crippen LogP contribution in [0.15, 0.2) is 52.3 Å². The molecule has 4 rings (SSSR count). The van der Waals surface area contributed by atoms with E-state index in [0.29, 0.717) is 69.8 Å². The van der Waals surface area contributed by atoms with Crippen molar-refractivity contribution in [2.75, 3.05) is 52.5 Å². The Bertz CT molecular complexity index is 1160. The first kappa shape index (κ1) is 22.8. The van der Waals surface area contributed by atoms with Gasteiger partial charge in [-0.05, 0) is 36.4 Å². The topological polar surface area (TPSA) is 128 Å². The first-order valence-electron chi connectivity index (χ1n) is 10.1. The van der Waals surface area contributed by atoms with Crippen LogP contribution in [-0.4, -0.2) is 78.6 Å². The molecule has 0 unspecified atom stereocenters. The van der Waals surface area contributed by atoms with Crippen molar-refractivity contribution in [2.45, 2.75) is 9.79 Å². The fraction of sp³-hybridized carbons (Fsp3) is 0.400. The standard InChI is InChI=1S/C20H25N3O7S2/c21-31(24,25)17-3-1-16(2-4-17)28-12-11-22-7-9-23(10-8-22)32(26,27)18-5-6-19-20(15-18)30-14-13-29-19/h1-6,15H,7-14H2,(H2,21,24,25). The summed E-state index contributed by atoms with van der Waals surface area (Å²) in [5.74, 6) is 1.54. The molecular weight excluding hydrogens is 458 g/mol. The van der Waals surface area contributed by atoms with Crippen LogP contribution in [0.4, 0.5) is 0 Å². The minimum atomic E-state index is -3.73. The molecule has 0 radical (unpaired) electrons. The first-order chi connectivity index (χ1) is 15.2. The van der Waals surface area contributed by atoms with E-state index in [4.69, 9.17) is 19.3 Å². The number of hydrogen-bond acceptors (Lipinski definition) is 8. The van der Waals surface area contributed by atoms with Gasteiger partial charge in [0.2, 0.25) is 20.0 Å². The summed E-state index contributed by atoms with van der Waals surface area (Å²) >= 11 is 0. The maximum atomic E-state index is 13.0. The molecule has 174 valence electrons. The van der Waals surface area contributed by atoms with Gasteiger partial charge in [-0.3, -0.25) is 4.90 Å². The molecule has 2 aromatic carbocycles. The molecule has 2 heterocycles. The van der Waals surface area contributed by atoms with Gasteiger partial charge >= 0.3 is 0 Å². The van der Waals surface area contributed by atoms with Gasteiger partial charge in [0.1, 0.15) is 25.6 Å². The Morgan fingerprint density at radius 3 is 2.12 bits per heavy atom. The highest BCUT2D eigenvalue weighted by atomic mass is 32.2. The summed E-state index contributed by atoms with van der Waals surface area (Å²) in [5, 5.41) is 5.08. The van der Waals surface area contributed by atoms with Gasteiger partial charge in [-0.1, -0.05) is 0 Å². The van der Waals surface area contributed by atoms with Crippen molar-refractivity contribution in [1.82, 2.24) is 9.21 Å². The summed E-state index contributed by atoms with van der Waals surface area (Å²) in [7, 11) is -7.35. The first-order valence-corrected chi connectivity index (χ1v) is 13.1. The SMILES string of the molecule is NS(=O)(=O)c1ccc(OCCN2CCN(S(=O)(=O)c3ccc4c(c3)OCCO4)CC2)cc1. The predicted molar refractivity (Wildman–Crippen MR) is 116 cm³/mol. The molecule has 0 aliphatic carbocycles. The lowest BCUT2D eigenvalue weighted by Crippen LogP contribution is -2.49. The molecular formula is C20H25N3O7S2. The monoisotopic (exact) mass is 483 g/mol. The number of hydrogen-bond donors (Lipinski definition) is 1. The lowest BCUT2D eigenvalue weighted by atomic mass is 10.3. The number of fused-ring (bicyclic) bond motifs is 1. The molecule has 10 nitrogen and oxygen atoms in total. The molecule has 0 saturated carbocycles. The minimum absolute atomic E-state index is 0.0280. The second-order valence-electron chi connectivity index (χ2n) is 7.42. The Kier molecular flexibility index (Phi) is 6.58. The number of nitrogens with two attached hydrogens (primary N) is 1. The van der Waals surface area contributed by atoms with Crippen LogP contribution in [0.1, 0.15) is 0 Å². The smallest absolute Gasteiger partial charge is 0.243 e. The maximum Gasteiger partial charge on any atom is 0.243 e. The number of piperazine rings is 1. The molecule has 2 aliphatic rings. The van der Waals surface area contributed by atoms with Crippen LogP contribution < -0.4 is 19.3 Å². The van der Waals surface area contributed by atoms with Crippen LogP contribution in [0.3, 0.4) is 0 Å². The second-order valence-corrected chi connectivity index (χ2v) is 10.9. The summed E-state index contributed by atoms with van der Waals surface area (Å²) in [4.78, 5) is 2.34. The fourth-order valence-corrected chi connectivity index (χ4v) is 5.50. The Labute approximate surface area is 187 Å². The Morgan fingerprint density at radius 2 is 1.47 bits per heavy atom. The number of benzene rings is 2. The average Bonchev–Trinajstić information content (AvgIpc) is 2.79. The molecule has 12 heteroatoms. The van der Waals surface area contributed by atoms with E-state index in [1.54, 1.807) is 24.3 Å². The van der Waals surface area contributed by atoms with E-state index >= 15 is 0 Å². The zero-order valence-electron chi connectivity index (χ0n) is 17.3. The van der Waals surface area contributed by atoms with Crippen LogP contribution in [0.5, 0.6) is 17.2 Å². The van der Waals surface area contributed by atoms with Crippen molar-refractivity contribution >= 4 is 20.0 Å². The lowest BCUT2D eigenvalue weighted by molar-refractivity contribution is 0.158. The highest BCUT2D eigenvalue weighted by Crippen LogP contribution is 2.33. The van der Waals surface area contributed by atoms with Crippen molar-refractivity contribution < 1.29 is 31.0 Å². The Balaban J connectivity index is 1.27. The molecule has 2 aromatic rings. The molecule has 2 N–H and O–H groups in total. The van der Waals surface area contributed by atoms with Crippen LogP contribution >= 0.6 is 0 Å². The van der Waals surface area contributed by atoms with Gasteiger partial charge in [0.15, 0.2) is 11.5 Å². The summed E-state index contributed by atoms with van der Waals surface area (Å²) in [6.45, 7) is 3.77. The van der Waals surface area contributed by atoms with Crippen molar-refractivity contribution in [3.63, 3.8) is 0 Å². The van der Waals surface area contributed by atoms with E-state index in [-0.39, 0.29) is 9.79 Å². The van der Waals surface area contributed by atoms with E-state index in [0.717, 1.165) is 0 Å². The third-order valence-corrected chi connectivity index (χ3v) is 8.14. The zero-order chi connectivity index (χ0) is 22.8. The highest BCUT2D eigenvalue weighted by Gasteiger charge is 2.29. The van der Waals surface area contributed by atoms with Crippen molar-refractivity contribution in [3.8, 4) is 17.2 Å². The van der Waals surface area contributed by atoms with Gasteiger partial charge < -0.3 is 14.2 Å². The molecule has 1 fully saturated rings. The van der Waals surface area contributed by atoms with E-state index in [1.165, 1.54) is 22.5 Å². The summed E-state index contributed by atoms with van der Waals surface area (Å²) in [6, 6.07) is 10.6. The van der Waals surface area contributed by atoms with E-state index in [1.807, 2.05) is 0 Å². The number of ether oxygens (including phenoxy) is 3. The number of primary sulfonamides is 1. The van der Waals surface area contributed by atoms with Crippen molar-refractivity contribution in [3.05, 3.63) is 42.5 Å². The van der Waals surface area contributed by atoms with Crippen LogP contribution in [0.25, 0.3) is 0 Å². The van der Waals surface area contributed by atoms with Gasteiger partial charge in [-0.2, -0.15) is 4.31 Å². The number of rotatable bonds is 7. The summed E-state index contributed by atoms with van der Waals surface area (Å²) < 4.78 is 66.7. The van der Waals surface area contributed by atoms with Gasteiger partial charge in [-0.25, -0.2) is 22.0 Å². The largest absolute Gasteiger partial charge is 0.492 e. The van der Waals surface area contributed by atoms with E-state index < -0.39 is 20.0 Å². The highest BCUT2D eigenvalue weighted by molar-refractivity contribution is 7.89. The Hall–Kier alpha value is -2.38. The molecule has 32 heavy (non-hydrogen) atoms. The number of sulfonamides is 2. The third-order valence-electron chi connectivity index (χ3n) is 5.31. The second kappa shape index (κ2) is 9.24. The average molecular weight is 484 g/mol. The molecule has 1 saturated heterocycles. The maximum absolute atomic E-state index is 13.0. The van der Waals surface area contributed by atoms with Gasteiger partial charge in [0.25, 0.3) is 0 Å². The van der Waals surface area contributed by atoms with Gasteiger partial charge in [0.05, 0.1) is 9.79 Å². The molecule has 0 spiro atoms. The minimum Gasteiger partial charge on any atom is -0.492 e. The lowest BCUT2D eigenvalue weighted by Gasteiger charge is -2.34.